The standard InChI is InChI=1S/C11H13FN2O2/c12-8-2-3-9(5-8)14-11(16)7-1-4-10(15)13-6-7/h1,4,6,8-9H,2-3,5H2,(H,13,15)(H,14,16)/t8-,9+/m0/s1. The number of rotatable bonds is 2. The van der Waals surface area contributed by atoms with Gasteiger partial charge in [-0.15, -0.1) is 0 Å². The molecule has 0 bridgehead atoms. The van der Waals surface area contributed by atoms with E-state index in [0.717, 1.165) is 0 Å². The normalized spacial score (nSPS) is 24.3. The molecule has 0 aromatic carbocycles. The molecule has 1 amide bonds. The predicted molar refractivity (Wildman–Crippen MR) is 57.1 cm³/mol. The molecule has 1 saturated carbocycles. The maximum Gasteiger partial charge on any atom is 0.252 e. The summed E-state index contributed by atoms with van der Waals surface area (Å²) >= 11 is 0. The SMILES string of the molecule is O=C(N[C@@H]1CC[C@H](F)C1)c1ccc(=O)[nH]c1. The fourth-order valence-electron chi connectivity index (χ4n) is 1.88. The predicted octanol–water partition coefficient (Wildman–Crippen LogP) is 0.995. The average Bonchev–Trinajstić information content (AvgIpc) is 2.65. The minimum absolute atomic E-state index is 0.0885. The highest BCUT2D eigenvalue weighted by atomic mass is 19.1. The largest absolute Gasteiger partial charge is 0.349 e. The summed E-state index contributed by atoms with van der Waals surface area (Å²) in [6, 6.07) is 2.66. The van der Waals surface area contributed by atoms with Crippen LogP contribution in [0.4, 0.5) is 4.39 Å². The van der Waals surface area contributed by atoms with Crippen LogP contribution < -0.4 is 10.9 Å². The van der Waals surface area contributed by atoms with Gasteiger partial charge in [0.2, 0.25) is 5.56 Å². The van der Waals surface area contributed by atoms with Gasteiger partial charge < -0.3 is 10.3 Å². The maximum atomic E-state index is 12.9. The topological polar surface area (TPSA) is 62.0 Å². The molecule has 0 spiro atoms. The summed E-state index contributed by atoms with van der Waals surface area (Å²) in [7, 11) is 0. The van der Waals surface area contributed by atoms with E-state index in [-0.39, 0.29) is 17.5 Å². The number of carbonyl (C=O) groups excluding carboxylic acids is 1. The van der Waals surface area contributed by atoms with Crippen molar-refractivity contribution in [2.75, 3.05) is 0 Å². The molecule has 0 aliphatic heterocycles. The number of hydrogen-bond donors (Lipinski definition) is 2. The summed E-state index contributed by atoms with van der Waals surface area (Å²) in [5, 5.41) is 2.74. The molecule has 5 heteroatoms. The van der Waals surface area contributed by atoms with Crippen LogP contribution in [-0.4, -0.2) is 23.1 Å². The van der Waals surface area contributed by atoms with E-state index in [1.165, 1.54) is 18.3 Å². The summed E-state index contributed by atoms with van der Waals surface area (Å²) in [4.78, 5) is 24.9. The van der Waals surface area contributed by atoms with Crippen molar-refractivity contribution in [3.63, 3.8) is 0 Å². The minimum atomic E-state index is -0.805. The van der Waals surface area contributed by atoms with Gasteiger partial charge >= 0.3 is 0 Å². The first kappa shape index (κ1) is 10.9. The molecule has 1 heterocycles. The third-order valence-corrected chi connectivity index (χ3v) is 2.75. The zero-order valence-corrected chi connectivity index (χ0v) is 8.70. The Kier molecular flexibility index (Phi) is 3.03. The van der Waals surface area contributed by atoms with Gasteiger partial charge in [-0.05, 0) is 25.3 Å². The number of hydrogen-bond acceptors (Lipinski definition) is 2. The number of alkyl halides is 1. The molecule has 0 saturated heterocycles. The van der Waals surface area contributed by atoms with Crippen LogP contribution in [0.2, 0.25) is 0 Å². The number of halogens is 1. The zero-order chi connectivity index (χ0) is 11.5. The molecular weight excluding hydrogens is 211 g/mol. The fourth-order valence-corrected chi connectivity index (χ4v) is 1.88. The van der Waals surface area contributed by atoms with Crippen molar-refractivity contribution in [1.29, 1.82) is 0 Å². The van der Waals surface area contributed by atoms with Gasteiger partial charge in [0.05, 0.1) is 5.56 Å². The molecule has 1 aromatic rings. The number of pyridine rings is 1. The lowest BCUT2D eigenvalue weighted by molar-refractivity contribution is 0.0936. The van der Waals surface area contributed by atoms with Gasteiger partial charge in [-0.25, -0.2) is 4.39 Å². The van der Waals surface area contributed by atoms with Crippen LogP contribution in [0.3, 0.4) is 0 Å². The molecule has 16 heavy (non-hydrogen) atoms. The van der Waals surface area contributed by atoms with Crippen LogP contribution in [-0.2, 0) is 0 Å². The van der Waals surface area contributed by atoms with Gasteiger partial charge in [0.1, 0.15) is 6.17 Å². The summed E-state index contributed by atoms with van der Waals surface area (Å²) in [5.74, 6) is -0.268. The maximum absolute atomic E-state index is 12.9. The van der Waals surface area contributed by atoms with Gasteiger partial charge in [-0.1, -0.05) is 0 Å². The first-order chi connectivity index (χ1) is 7.65. The van der Waals surface area contributed by atoms with Crippen LogP contribution >= 0.6 is 0 Å². The fraction of sp³-hybridized carbons (Fsp3) is 0.455. The Hall–Kier alpha value is -1.65. The van der Waals surface area contributed by atoms with Crippen molar-refractivity contribution >= 4 is 5.91 Å². The molecule has 0 radical (unpaired) electrons. The van der Waals surface area contributed by atoms with Gasteiger partial charge in [0.25, 0.3) is 5.91 Å². The molecule has 86 valence electrons. The second-order valence-corrected chi connectivity index (χ2v) is 4.02. The highest BCUT2D eigenvalue weighted by Crippen LogP contribution is 2.21. The Morgan fingerprint density at radius 2 is 2.25 bits per heavy atom. The Morgan fingerprint density at radius 1 is 1.44 bits per heavy atom. The Morgan fingerprint density at radius 3 is 2.81 bits per heavy atom. The molecule has 1 fully saturated rings. The number of H-pyrrole nitrogens is 1. The van der Waals surface area contributed by atoms with E-state index < -0.39 is 6.17 Å². The van der Waals surface area contributed by atoms with Crippen LogP contribution in [0.1, 0.15) is 29.6 Å². The van der Waals surface area contributed by atoms with Gasteiger partial charge in [-0.3, -0.25) is 9.59 Å². The smallest absolute Gasteiger partial charge is 0.252 e. The highest BCUT2D eigenvalue weighted by molar-refractivity contribution is 5.94. The summed E-state index contributed by atoms with van der Waals surface area (Å²) in [5.41, 5.74) is 0.142. The van der Waals surface area contributed by atoms with E-state index in [2.05, 4.69) is 10.3 Å². The molecule has 1 aliphatic rings. The highest BCUT2D eigenvalue weighted by Gasteiger charge is 2.25. The van der Waals surface area contributed by atoms with E-state index in [9.17, 15) is 14.0 Å². The average molecular weight is 224 g/mol. The first-order valence-corrected chi connectivity index (χ1v) is 5.29. The Balaban J connectivity index is 1.98. The van der Waals surface area contributed by atoms with E-state index in [4.69, 9.17) is 0 Å². The Bertz CT molecular complexity index is 423. The van der Waals surface area contributed by atoms with Crippen molar-refractivity contribution in [3.05, 3.63) is 34.2 Å². The van der Waals surface area contributed by atoms with E-state index >= 15 is 0 Å². The number of carbonyl (C=O) groups is 1. The summed E-state index contributed by atoms with van der Waals surface area (Å²) in [6.07, 6.45) is 2.13. The van der Waals surface area contributed by atoms with Crippen molar-refractivity contribution < 1.29 is 9.18 Å². The van der Waals surface area contributed by atoms with Crippen molar-refractivity contribution in [2.24, 2.45) is 0 Å². The van der Waals surface area contributed by atoms with Crippen LogP contribution in [0.15, 0.2) is 23.1 Å². The van der Waals surface area contributed by atoms with Gasteiger partial charge in [0.15, 0.2) is 0 Å². The Labute approximate surface area is 91.9 Å². The molecule has 1 aliphatic carbocycles. The lowest BCUT2D eigenvalue weighted by Crippen LogP contribution is -2.33. The number of nitrogens with one attached hydrogen (secondary N) is 2. The van der Waals surface area contributed by atoms with Crippen molar-refractivity contribution in [1.82, 2.24) is 10.3 Å². The lowest BCUT2D eigenvalue weighted by Gasteiger charge is -2.11. The van der Waals surface area contributed by atoms with Crippen LogP contribution in [0.5, 0.6) is 0 Å². The van der Waals surface area contributed by atoms with Crippen molar-refractivity contribution in [2.45, 2.75) is 31.5 Å². The van der Waals surface area contributed by atoms with Gasteiger partial charge in [-0.2, -0.15) is 0 Å². The first-order valence-electron chi connectivity index (χ1n) is 5.29. The zero-order valence-electron chi connectivity index (χ0n) is 8.70. The van der Waals surface area contributed by atoms with E-state index in [1.807, 2.05) is 0 Å². The quantitative estimate of drug-likeness (QED) is 0.787. The monoisotopic (exact) mass is 224 g/mol. The van der Waals surface area contributed by atoms with Gasteiger partial charge in [0, 0.05) is 18.3 Å². The van der Waals surface area contributed by atoms with E-state index in [0.29, 0.717) is 24.8 Å². The second-order valence-electron chi connectivity index (χ2n) is 4.02. The van der Waals surface area contributed by atoms with Crippen molar-refractivity contribution in [3.8, 4) is 0 Å². The molecule has 4 nitrogen and oxygen atoms in total. The second kappa shape index (κ2) is 4.47. The number of aromatic amines is 1. The molecule has 2 N–H and O–H groups in total. The van der Waals surface area contributed by atoms with Crippen LogP contribution in [0.25, 0.3) is 0 Å². The van der Waals surface area contributed by atoms with E-state index in [1.54, 1.807) is 0 Å². The number of aromatic nitrogens is 1. The third kappa shape index (κ3) is 2.48. The summed E-state index contributed by atoms with van der Waals surface area (Å²) in [6.45, 7) is 0. The molecule has 2 rings (SSSR count). The molecular formula is C11H13FN2O2. The lowest BCUT2D eigenvalue weighted by atomic mass is 10.2. The molecule has 2 atom stereocenters. The minimum Gasteiger partial charge on any atom is -0.349 e. The molecule has 1 aromatic heterocycles. The summed E-state index contributed by atoms with van der Waals surface area (Å²) < 4.78 is 12.9. The third-order valence-electron chi connectivity index (χ3n) is 2.75. The van der Waals surface area contributed by atoms with Crippen LogP contribution in [0, 0.1) is 0 Å². The molecule has 0 unspecified atom stereocenters. The number of amides is 1.